The minimum absolute atomic E-state index is 0.292. The highest BCUT2D eigenvalue weighted by atomic mass is 16.4. The molecule has 3 heteroatoms. The fraction of sp³-hybridized carbons (Fsp3) is 0. The Morgan fingerprint density at radius 3 is 1.76 bits per heavy atom. The van der Waals surface area contributed by atoms with Gasteiger partial charge in [-0.3, -0.25) is 0 Å². The summed E-state index contributed by atoms with van der Waals surface area (Å²) in [5.74, 6) is -1.23. The van der Waals surface area contributed by atoms with Gasteiger partial charge in [0.15, 0.2) is 0 Å². The Bertz CT molecular complexity index is 681. The van der Waals surface area contributed by atoms with Crippen LogP contribution in [0.15, 0.2) is 78.4 Å². The standard InChI is InChI=1S/C18H13NO2/c19-13-16(18(20)21)11-12-17(14-7-3-1-4-8-14)15-9-5-2-6-10-15/h1-12H,(H,20,21)/b16-11+. The molecule has 0 unspecified atom stereocenters. The molecule has 2 rings (SSSR count). The van der Waals surface area contributed by atoms with Crippen LogP contribution in [0.2, 0.25) is 0 Å². The maximum atomic E-state index is 10.9. The number of carboxylic acids is 1. The number of carboxylic acid groups (broad SMARTS) is 1. The lowest BCUT2D eigenvalue weighted by molar-refractivity contribution is -0.132. The summed E-state index contributed by atoms with van der Waals surface area (Å²) in [5.41, 5.74) is 2.50. The zero-order valence-corrected chi connectivity index (χ0v) is 11.2. The maximum absolute atomic E-state index is 10.9. The maximum Gasteiger partial charge on any atom is 0.346 e. The third kappa shape index (κ3) is 3.68. The van der Waals surface area contributed by atoms with Crippen LogP contribution in [0.4, 0.5) is 0 Å². The first-order chi connectivity index (χ1) is 10.2. The van der Waals surface area contributed by atoms with Crippen molar-refractivity contribution in [2.75, 3.05) is 0 Å². The summed E-state index contributed by atoms with van der Waals surface area (Å²) in [7, 11) is 0. The molecule has 0 saturated heterocycles. The van der Waals surface area contributed by atoms with E-state index >= 15 is 0 Å². The monoisotopic (exact) mass is 275 g/mol. The minimum Gasteiger partial charge on any atom is -0.477 e. The van der Waals surface area contributed by atoms with Gasteiger partial charge in [0.2, 0.25) is 0 Å². The van der Waals surface area contributed by atoms with E-state index in [1.807, 2.05) is 60.7 Å². The number of allylic oxidation sites excluding steroid dienone is 2. The van der Waals surface area contributed by atoms with E-state index in [9.17, 15) is 4.79 Å². The first-order valence-corrected chi connectivity index (χ1v) is 6.38. The van der Waals surface area contributed by atoms with Gasteiger partial charge >= 0.3 is 5.97 Å². The van der Waals surface area contributed by atoms with Gasteiger partial charge in [0.1, 0.15) is 11.6 Å². The van der Waals surface area contributed by atoms with Crippen LogP contribution in [0.5, 0.6) is 0 Å². The lowest BCUT2D eigenvalue weighted by atomic mass is 9.97. The molecule has 0 spiro atoms. The normalized spacial score (nSPS) is 10.5. The lowest BCUT2D eigenvalue weighted by Crippen LogP contribution is -1.97. The molecule has 0 aliphatic rings. The van der Waals surface area contributed by atoms with Crippen LogP contribution in [0, 0.1) is 11.3 Å². The molecule has 0 fully saturated rings. The van der Waals surface area contributed by atoms with Gasteiger partial charge in [-0.25, -0.2) is 4.79 Å². The van der Waals surface area contributed by atoms with Crippen molar-refractivity contribution < 1.29 is 9.90 Å². The fourth-order valence-electron chi connectivity index (χ4n) is 1.92. The van der Waals surface area contributed by atoms with Crippen molar-refractivity contribution in [2.24, 2.45) is 0 Å². The average molecular weight is 275 g/mol. The van der Waals surface area contributed by atoms with E-state index in [4.69, 9.17) is 10.4 Å². The molecule has 0 radical (unpaired) electrons. The number of carbonyl (C=O) groups is 1. The molecule has 0 saturated carbocycles. The Kier molecular flexibility index (Phi) is 4.68. The minimum atomic E-state index is -1.23. The SMILES string of the molecule is N#C/C(=C\C=C(c1ccccc1)c1ccccc1)C(=O)O. The largest absolute Gasteiger partial charge is 0.477 e. The van der Waals surface area contributed by atoms with Crippen LogP contribution in [0.25, 0.3) is 5.57 Å². The highest BCUT2D eigenvalue weighted by Crippen LogP contribution is 2.23. The van der Waals surface area contributed by atoms with Gasteiger partial charge in [0.05, 0.1) is 0 Å². The van der Waals surface area contributed by atoms with Gasteiger partial charge in [0, 0.05) is 0 Å². The van der Waals surface area contributed by atoms with Gasteiger partial charge in [-0.15, -0.1) is 0 Å². The predicted octanol–water partition coefficient (Wildman–Crippen LogP) is 3.65. The van der Waals surface area contributed by atoms with Crippen LogP contribution < -0.4 is 0 Å². The van der Waals surface area contributed by atoms with Crippen LogP contribution in [-0.4, -0.2) is 11.1 Å². The molecule has 21 heavy (non-hydrogen) atoms. The van der Waals surface area contributed by atoms with Gasteiger partial charge in [-0.05, 0) is 22.8 Å². The van der Waals surface area contributed by atoms with E-state index in [-0.39, 0.29) is 5.57 Å². The molecule has 0 aromatic heterocycles. The highest BCUT2D eigenvalue weighted by molar-refractivity contribution is 5.92. The first kappa shape index (κ1) is 14.3. The zero-order valence-electron chi connectivity index (χ0n) is 11.2. The van der Waals surface area contributed by atoms with Crippen LogP contribution in [0.3, 0.4) is 0 Å². The molecule has 2 aromatic carbocycles. The number of nitrogens with zero attached hydrogens (tertiary/aromatic N) is 1. The summed E-state index contributed by atoms with van der Waals surface area (Å²) in [5, 5.41) is 17.7. The lowest BCUT2D eigenvalue weighted by Gasteiger charge is -2.07. The van der Waals surface area contributed by atoms with Crippen molar-refractivity contribution in [3.63, 3.8) is 0 Å². The summed E-state index contributed by atoms with van der Waals surface area (Å²) < 4.78 is 0. The Morgan fingerprint density at radius 1 is 0.905 bits per heavy atom. The Hall–Kier alpha value is -3.12. The predicted molar refractivity (Wildman–Crippen MR) is 81.3 cm³/mol. The molecule has 102 valence electrons. The average Bonchev–Trinajstić information content (AvgIpc) is 2.53. The van der Waals surface area contributed by atoms with Crippen LogP contribution in [0.1, 0.15) is 11.1 Å². The van der Waals surface area contributed by atoms with Gasteiger partial charge < -0.3 is 5.11 Å². The zero-order chi connectivity index (χ0) is 15.1. The summed E-state index contributed by atoms with van der Waals surface area (Å²) in [6.45, 7) is 0. The smallest absolute Gasteiger partial charge is 0.346 e. The summed E-state index contributed by atoms with van der Waals surface area (Å²) in [6.07, 6.45) is 3.00. The number of nitriles is 1. The number of hydrogen-bond acceptors (Lipinski definition) is 2. The molecule has 0 aliphatic carbocycles. The number of aliphatic carboxylic acids is 1. The van der Waals surface area contributed by atoms with E-state index in [1.54, 1.807) is 12.1 Å². The van der Waals surface area contributed by atoms with Gasteiger partial charge in [0.25, 0.3) is 0 Å². The molecule has 0 atom stereocenters. The molecule has 0 bridgehead atoms. The molecular weight excluding hydrogens is 262 g/mol. The van der Waals surface area contributed by atoms with Crippen molar-refractivity contribution in [3.8, 4) is 6.07 Å². The molecular formula is C18H13NO2. The molecule has 2 aromatic rings. The van der Waals surface area contributed by atoms with Crippen molar-refractivity contribution in [3.05, 3.63) is 89.5 Å². The van der Waals surface area contributed by atoms with E-state index in [0.717, 1.165) is 16.7 Å². The number of rotatable bonds is 4. The second-order valence-corrected chi connectivity index (χ2v) is 4.31. The Balaban J connectivity index is 2.53. The highest BCUT2D eigenvalue weighted by Gasteiger charge is 2.06. The van der Waals surface area contributed by atoms with E-state index in [2.05, 4.69) is 0 Å². The Labute approximate surface area is 123 Å². The van der Waals surface area contributed by atoms with E-state index in [1.165, 1.54) is 6.08 Å². The third-order valence-corrected chi connectivity index (χ3v) is 2.94. The van der Waals surface area contributed by atoms with Gasteiger partial charge in [-0.1, -0.05) is 66.7 Å². The topological polar surface area (TPSA) is 61.1 Å². The quantitative estimate of drug-likeness (QED) is 0.526. The van der Waals surface area contributed by atoms with Crippen LogP contribution >= 0.6 is 0 Å². The van der Waals surface area contributed by atoms with Crippen molar-refractivity contribution in [1.29, 1.82) is 5.26 Å². The number of hydrogen-bond donors (Lipinski definition) is 1. The Morgan fingerprint density at radius 2 is 1.38 bits per heavy atom. The molecule has 3 nitrogen and oxygen atoms in total. The summed E-state index contributed by atoms with van der Waals surface area (Å²) in [4.78, 5) is 10.9. The molecule has 1 N–H and O–H groups in total. The summed E-state index contributed by atoms with van der Waals surface area (Å²) >= 11 is 0. The first-order valence-electron chi connectivity index (χ1n) is 6.38. The fourth-order valence-corrected chi connectivity index (χ4v) is 1.92. The molecule has 0 amide bonds. The van der Waals surface area contributed by atoms with Crippen molar-refractivity contribution in [2.45, 2.75) is 0 Å². The van der Waals surface area contributed by atoms with Crippen molar-refractivity contribution in [1.82, 2.24) is 0 Å². The molecule has 0 aliphatic heterocycles. The van der Waals surface area contributed by atoms with E-state index < -0.39 is 5.97 Å². The van der Waals surface area contributed by atoms with Crippen LogP contribution in [-0.2, 0) is 4.79 Å². The summed E-state index contributed by atoms with van der Waals surface area (Å²) in [6, 6.07) is 20.9. The number of benzene rings is 2. The van der Waals surface area contributed by atoms with E-state index in [0.29, 0.717) is 0 Å². The van der Waals surface area contributed by atoms with Crippen molar-refractivity contribution >= 4 is 11.5 Å². The molecule has 0 heterocycles. The second kappa shape index (κ2) is 6.88. The second-order valence-electron chi connectivity index (χ2n) is 4.31. The third-order valence-electron chi connectivity index (χ3n) is 2.94. The van der Waals surface area contributed by atoms with Gasteiger partial charge in [-0.2, -0.15) is 5.26 Å².